The molecule has 27 heavy (non-hydrogen) atoms. The lowest BCUT2D eigenvalue weighted by Gasteiger charge is -2.21. The fourth-order valence-corrected chi connectivity index (χ4v) is 3.08. The smallest absolute Gasteiger partial charge is 0.191 e. The summed E-state index contributed by atoms with van der Waals surface area (Å²) in [6, 6.07) is 4.05. The summed E-state index contributed by atoms with van der Waals surface area (Å²) < 4.78 is 29.9. The second-order valence-electron chi connectivity index (χ2n) is 6.21. The largest absolute Gasteiger partial charge is 0.365 e. The first-order chi connectivity index (χ1) is 12.7. The summed E-state index contributed by atoms with van der Waals surface area (Å²) in [5, 5.41) is 6.58. The van der Waals surface area contributed by atoms with E-state index in [-0.39, 0.29) is 35.7 Å². The van der Waals surface area contributed by atoms with Gasteiger partial charge in [0.15, 0.2) is 5.96 Å². The van der Waals surface area contributed by atoms with Crippen LogP contribution in [0.1, 0.15) is 13.3 Å². The Morgan fingerprint density at radius 1 is 1.33 bits per heavy atom. The minimum absolute atomic E-state index is 0. The van der Waals surface area contributed by atoms with E-state index in [2.05, 4.69) is 20.6 Å². The van der Waals surface area contributed by atoms with Crippen molar-refractivity contribution in [2.24, 2.45) is 4.99 Å². The summed E-state index contributed by atoms with van der Waals surface area (Å²) in [7, 11) is 0. The Kier molecular flexibility index (Phi) is 8.26. The zero-order valence-corrected chi connectivity index (χ0v) is 17.6. The molecule has 0 aliphatic carbocycles. The zero-order valence-electron chi connectivity index (χ0n) is 15.2. The van der Waals surface area contributed by atoms with Gasteiger partial charge in [0.25, 0.3) is 0 Å². The van der Waals surface area contributed by atoms with Crippen molar-refractivity contribution in [3.8, 4) is 0 Å². The Morgan fingerprint density at radius 2 is 2.11 bits per heavy atom. The van der Waals surface area contributed by atoms with Gasteiger partial charge in [0.1, 0.15) is 17.3 Å². The molecule has 2 heterocycles. The van der Waals surface area contributed by atoms with Crippen molar-refractivity contribution >= 4 is 35.6 Å². The van der Waals surface area contributed by atoms with Gasteiger partial charge in [-0.25, -0.2) is 13.8 Å². The van der Waals surface area contributed by atoms with Gasteiger partial charge in [0, 0.05) is 44.6 Å². The second-order valence-corrected chi connectivity index (χ2v) is 6.21. The number of benzene rings is 1. The van der Waals surface area contributed by atoms with Crippen molar-refractivity contribution in [3.05, 3.63) is 48.6 Å². The first-order valence-electron chi connectivity index (χ1n) is 8.87. The van der Waals surface area contributed by atoms with Crippen LogP contribution in [-0.4, -0.2) is 47.7 Å². The molecule has 1 aliphatic heterocycles. The lowest BCUT2D eigenvalue weighted by Crippen LogP contribution is -2.44. The summed E-state index contributed by atoms with van der Waals surface area (Å²) >= 11 is 0. The maximum absolute atomic E-state index is 14.0. The molecule has 2 aromatic rings. The van der Waals surface area contributed by atoms with Crippen LogP contribution in [0.25, 0.3) is 0 Å². The highest BCUT2D eigenvalue weighted by molar-refractivity contribution is 14.0. The van der Waals surface area contributed by atoms with Gasteiger partial charge >= 0.3 is 0 Å². The highest BCUT2D eigenvalue weighted by Crippen LogP contribution is 2.26. The number of imidazole rings is 1. The fourth-order valence-electron chi connectivity index (χ4n) is 3.08. The molecule has 1 atom stereocenters. The standard InChI is InChI=1S/C18H24F2N6.HI/c1-2-22-18(23-8-11-25-10-7-21-13-25)24-14-6-9-26(12-14)17-15(19)4-3-5-16(17)20;/h3-5,7,10,13-14H,2,6,8-9,11-12H2,1H3,(H2,22,23,24);1H. The van der Waals surface area contributed by atoms with Gasteiger partial charge in [-0.2, -0.15) is 0 Å². The minimum atomic E-state index is -0.522. The van der Waals surface area contributed by atoms with E-state index in [4.69, 9.17) is 0 Å². The van der Waals surface area contributed by atoms with Crippen LogP contribution in [0.5, 0.6) is 0 Å². The third kappa shape index (κ3) is 5.78. The number of rotatable bonds is 6. The molecule has 0 bridgehead atoms. The highest BCUT2D eigenvalue weighted by Gasteiger charge is 2.27. The molecule has 0 amide bonds. The summed E-state index contributed by atoms with van der Waals surface area (Å²) in [5.41, 5.74) is 0.0545. The molecule has 3 rings (SSSR count). The number of hydrogen-bond donors (Lipinski definition) is 2. The van der Waals surface area contributed by atoms with Crippen LogP contribution in [0.4, 0.5) is 14.5 Å². The molecule has 1 saturated heterocycles. The Bertz CT molecular complexity index is 717. The molecular weight excluding hydrogens is 465 g/mol. The molecule has 0 radical (unpaired) electrons. The van der Waals surface area contributed by atoms with Gasteiger partial charge in [-0.3, -0.25) is 4.99 Å². The maximum Gasteiger partial charge on any atom is 0.191 e. The number of anilines is 1. The van der Waals surface area contributed by atoms with Crippen molar-refractivity contribution in [1.82, 2.24) is 20.2 Å². The van der Waals surface area contributed by atoms with Crippen molar-refractivity contribution in [1.29, 1.82) is 0 Å². The Balaban J connectivity index is 0.00000261. The molecule has 1 aromatic heterocycles. The normalized spacial score (nSPS) is 16.9. The van der Waals surface area contributed by atoms with Crippen molar-refractivity contribution in [3.63, 3.8) is 0 Å². The summed E-state index contributed by atoms with van der Waals surface area (Å²) in [5.74, 6) is -0.327. The van der Waals surface area contributed by atoms with Gasteiger partial charge in [-0.15, -0.1) is 24.0 Å². The summed E-state index contributed by atoms with van der Waals surface area (Å²) in [6.45, 7) is 5.24. The molecule has 1 unspecified atom stereocenters. The van der Waals surface area contributed by atoms with Crippen LogP contribution in [0.3, 0.4) is 0 Å². The number of nitrogens with one attached hydrogen (secondary N) is 2. The van der Waals surface area contributed by atoms with Crippen LogP contribution < -0.4 is 15.5 Å². The van der Waals surface area contributed by atoms with Gasteiger partial charge in [0.2, 0.25) is 0 Å². The van der Waals surface area contributed by atoms with E-state index in [9.17, 15) is 8.78 Å². The maximum atomic E-state index is 14.0. The Hall–Kier alpha value is -1.91. The predicted molar refractivity (Wildman–Crippen MR) is 114 cm³/mol. The minimum Gasteiger partial charge on any atom is -0.365 e. The number of halogens is 3. The van der Waals surface area contributed by atoms with Crippen LogP contribution in [0.15, 0.2) is 41.9 Å². The molecule has 1 aromatic carbocycles. The zero-order chi connectivity index (χ0) is 18.4. The van der Waals surface area contributed by atoms with Gasteiger partial charge < -0.3 is 20.1 Å². The van der Waals surface area contributed by atoms with Crippen LogP contribution in [0.2, 0.25) is 0 Å². The fraction of sp³-hybridized carbons (Fsp3) is 0.444. The van der Waals surface area contributed by atoms with Crippen molar-refractivity contribution in [2.75, 3.05) is 31.1 Å². The summed E-state index contributed by atoms with van der Waals surface area (Å²) in [6.07, 6.45) is 6.18. The number of aromatic nitrogens is 2. The molecule has 1 aliphatic rings. The number of hydrogen-bond acceptors (Lipinski definition) is 3. The predicted octanol–water partition coefficient (Wildman–Crippen LogP) is 2.61. The number of para-hydroxylation sites is 1. The number of aliphatic imine (C=N–C) groups is 1. The lowest BCUT2D eigenvalue weighted by atomic mass is 10.2. The molecule has 6 nitrogen and oxygen atoms in total. The van der Waals surface area contributed by atoms with Crippen LogP contribution >= 0.6 is 24.0 Å². The second kappa shape index (κ2) is 10.4. The summed E-state index contributed by atoms with van der Waals surface area (Å²) in [4.78, 5) is 10.3. The molecule has 9 heteroatoms. The molecule has 1 fully saturated rings. The molecular formula is C18H25F2IN6. The monoisotopic (exact) mass is 490 g/mol. The molecule has 0 spiro atoms. The average Bonchev–Trinajstić information content (AvgIpc) is 3.27. The molecule has 2 N–H and O–H groups in total. The SMILES string of the molecule is CCNC(=NCCn1ccnc1)NC1CCN(c2c(F)cccc2F)C1.I. The number of guanidine groups is 1. The van der Waals surface area contributed by atoms with E-state index in [1.807, 2.05) is 17.7 Å². The quantitative estimate of drug-likeness (QED) is 0.372. The van der Waals surface area contributed by atoms with E-state index >= 15 is 0 Å². The van der Waals surface area contributed by atoms with Crippen molar-refractivity contribution in [2.45, 2.75) is 25.9 Å². The molecule has 0 saturated carbocycles. The van der Waals surface area contributed by atoms with E-state index < -0.39 is 11.6 Å². The Labute approximate surface area is 175 Å². The highest BCUT2D eigenvalue weighted by atomic mass is 127. The lowest BCUT2D eigenvalue weighted by molar-refractivity contribution is 0.575. The topological polar surface area (TPSA) is 57.5 Å². The number of nitrogens with zero attached hydrogens (tertiary/aromatic N) is 4. The van der Waals surface area contributed by atoms with E-state index in [0.717, 1.165) is 19.5 Å². The first-order valence-corrected chi connectivity index (χ1v) is 8.87. The Morgan fingerprint density at radius 3 is 2.78 bits per heavy atom. The van der Waals surface area contributed by atoms with Crippen LogP contribution in [-0.2, 0) is 6.54 Å². The van der Waals surface area contributed by atoms with Gasteiger partial charge in [-0.1, -0.05) is 6.07 Å². The van der Waals surface area contributed by atoms with Crippen molar-refractivity contribution < 1.29 is 8.78 Å². The van der Waals surface area contributed by atoms with Gasteiger partial charge in [-0.05, 0) is 25.5 Å². The average molecular weight is 490 g/mol. The third-order valence-electron chi connectivity index (χ3n) is 4.31. The van der Waals surface area contributed by atoms with E-state index in [1.165, 1.54) is 18.2 Å². The van der Waals surface area contributed by atoms with E-state index in [0.29, 0.717) is 25.6 Å². The molecule has 148 valence electrons. The third-order valence-corrected chi connectivity index (χ3v) is 4.31. The first kappa shape index (κ1) is 21.4. The van der Waals surface area contributed by atoms with Crippen LogP contribution in [0, 0.1) is 11.6 Å². The van der Waals surface area contributed by atoms with E-state index in [1.54, 1.807) is 17.4 Å². The van der Waals surface area contributed by atoms with Gasteiger partial charge in [0.05, 0.1) is 12.9 Å².